The third-order valence-electron chi connectivity index (χ3n) is 12.9. The van der Waals surface area contributed by atoms with E-state index in [0.29, 0.717) is 0 Å². The van der Waals surface area contributed by atoms with Crippen molar-refractivity contribution < 1.29 is 0 Å². The normalized spacial score (nSPS) is 13.8. The van der Waals surface area contributed by atoms with Gasteiger partial charge in [0.25, 0.3) is 0 Å². The lowest BCUT2D eigenvalue weighted by Gasteiger charge is -2.35. The summed E-state index contributed by atoms with van der Waals surface area (Å²) >= 11 is 7.43. The summed E-state index contributed by atoms with van der Waals surface area (Å²) in [6, 6.07) is 81.0. The molecule has 0 unspecified atom stereocenters. The molecule has 2 aliphatic carbocycles. The zero-order chi connectivity index (χ0) is 40.4. The molecule has 0 amide bonds. The first kappa shape index (κ1) is 36.8. The van der Waals surface area contributed by atoms with Gasteiger partial charge in [-0.05, 0) is 134 Å². The number of hydrogen-bond acceptors (Lipinski definition) is 1. The minimum atomic E-state index is -0.474. The van der Waals surface area contributed by atoms with Crippen LogP contribution in [-0.2, 0) is 10.8 Å². The molecule has 0 N–H and O–H groups in total. The monoisotopic (exact) mass is 895 g/mol. The Bertz CT molecular complexity index is 2760. The van der Waals surface area contributed by atoms with Crippen LogP contribution in [0.2, 0.25) is 0 Å². The van der Waals surface area contributed by atoms with Gasteiger partial charge in [0.15, 0.2) is 0 Å². The van der Waals surface area contributed by atoms with E-state index in [1.807, 2.05) is 0 Å². The van der Waals surface area contributed by atoms with Crippen LogP contribution in [0.5, 0.6) is 0 Å². The summed E-state index contributed by atoms with van der Waals surface area (Å²) in [6.07, 6.45) is 0. The summed E-state index contributed by atoms with van der Waals surface area (Å²) in [7, 11) is 0. The molecule has 0 spiro atoms. The Kier molecular flexibility index (Phi) is 8.88. The number of fused-ring (bicyclic) bond motifs is 6. The molecule has 60 heavy (non-hydrogen) atoms. The zero-order valence-electron chi connectivity index (χ0n) is 33.0. The molecule has 3 heteroatoms. The van der Waals surface area contributed by atoms with E-state index in [-0.39, 0.29) is 0 Å². The van der Waals surface area contributed by atoms with E-state index >= 15 is 0 Å². The van der Waals surface area contributed by atoms with E-state index in [1.165, 1.54) is 72.3 Å². The average Bonchev–Trinajstić information content (AvgIpc) is 3.77. The summed E-state index contributed by atoms with van der Waals surface area (Å²) in [5.74, 6) is 0. The molecule has 0 radical (unpaired) electrons. The van der Waals surface area contributed by atoms with Gasteiger partial charge in [-0.2, -0.15) is 0 Å². The molecule has 0 bridgehead atoms. The van der Waals surface area contributed by atoms with E-state index in [9.17, 15) is 0 Å². The number of benzene rings is 9. The van der Waals surface area contributed by atoms with E-state index in [0.717, 1.165) is 26.0 Å². The van der Waals surface area contributed by atoms with Gasteiger partial charge in [-0.1, -0.05) is 195 Å². The predicted octanol–water partition coefficient (Wildman–Crippen LogP) is 15.7. The van der Waals surface area contributed by atoms with Crippen LogP contribution in [0.3, 0.4) is 0 Å². The van der Waals surface area contributed by atoms with Crippen LogP contribution in [0.15, 0.2) is 227 Å². The van der Waals surface area contributed by atoms with Gasteiger partial charge in [0, 0.05) is 26.0 Å². The SMILES string of the molecule is Cc1ccc(N(c2ccc(C3(c4ccc(Br)cc4)c4ccccc4-c4ccccc43)cc2)c2ccc(C3(c4ccc(Br)cc4)c4ccccc4-c4ccccc43)cc2)cc1. The van der Waals surface area contributed by atoms with Gasteiger partial charge in [-0.3, -0.25) is 0 Å². The van der Waals surface area contributed by atoms with Crippen molar-refractivity contribution in [2.75, 3.05) is 4.90 Å². The summed E-state index contributed by atoms with van der Waals surface area (Å²) in [4.78, 5) is 2.39. The highest BCUT2D eigenvalue weighted by molar-refractivity contribution is 9.10. The fraction of sp³-hybridized carbons (Fsp3) is 0.0526. The molecule has 11 rings (SSSR count). The van der Waals surface area contributed by atoms with Gasteiger partial charge in [0.2, 0.25) is 0 Å². The van der Waals surface area contributed by atoms with Crippen LogP contribution in [-0.4, -0.2) is 0 Å². The van der Waals surface area contributed by atoms with Crippen molar-refractivity contribution in [1.29, 1.82) is 0 Å². The second kappa shape index (κ2) is 14.5. The molecule has 2 aliphatic rings. The number of nitrogens with zero attached hydrogens (tertiary/aromatic N) is 1. The van der Waals surface area contributed by atoms with E-state index in [1.54, 1.807) is 0 Å². The van der Waals surface area contributed by atoms with Gasteiger partial charge >= 0.3 is 0 Å². The third kappa shape index (κ3) is 5.49. The lowest BCUT2D eigenvalue weighted by molar-refractivity contribution is 0.767. The van der Waals surface area contributed by atoms with Crippen LogP contribution in [0.4, 0.5) is 17.1 Å². The van der Waals surface area contributed by atoms with E-state index in [2.05, 4.69) is 262 Å². The van der Waals surface area contributed by atoms with Crippen LogP contribution >= 0.6 is 31.9 Å². The van der Waals surface area contributed by atoms with Crippen molar-refractivity contribution in [3.05, 3.63) is 277 Å². The van der Waals surface area contributed by atoms with Crippen LogP contribution in [0.1, 0.15) is 50.1 Å². The first-order chi connectivity index (χ1) is 29.5. The lowest BCUT2D eigenvalue weighted by Crippen LogP contribution is -2.28. The van der Waals surface area contributed by atoms with Crippen molar-refractivity contribution in [2.45, 2.75) is 17.8 Å². The summed E-state index contributed by atoms with van der Waals surface area (Å²) in [5.41, 5.74) is 18.9. The highest BCUT2D eigenvalue weighted by Gasteiger charge is 2.47. The molecule has 0 aromatic heterocycles. The summed E-state index contributed by atoms with van der Waals surface area (Å²) < 4.78 is 2.14. The Labute approximate surface area is 368 Å². The number of rotatable bonds is 7. The third-order valence-corrected chi connectivity index (χ3v) is 13.9. The zero-order valence-corrected chi connectivity index (χ0v) is 36.2. The molecule has 0 aliphatic heterocycles. The standard InChI is InChI=1S/C57H39Br2N/c1-38-18-32-45(33-19-38)60(46-34-24-41(25-35-46)56(39-20-28-43(58)29-21-39)52-14-6-2-10-48(52)49-11-3-7-15-53(49)56)47-36-26-42(27-37-47)57(40-22-30-44(59)31-23-40)54-16-8-4-12-50(54)51-13-5-9-17-55(51)57/h2-37H,1H3. The fourth-order valence-electron chi connectivity index (χ4n) is 10.3. The Balaban J connectivity index is 1.07. The van der Waals surface area contributed by atoms with Crippen LogP contribution < -0.4 is 4.90 Å². The Morgan fingerprint density at radius 3 is 0.850 bits per heavy atom. The van der Waals surface area contributed by atoms with Crippen molar-refractivity contribution in [2.24, 2.45) is 0 Å². The van der Waals surface area contributed by atoms with Crippen LogP contribution in [0.25, 0.3) is 22.3 Å². The smallest absolute Gasteiger partial charge is 0.0713 e. The molecule has 0 heterocycles. The second-order valence-electron chi connectivity index (χ2n) is 16.0. The largest absolute Gasteiger partial charge is 0.311 e. The molecule has 0 saturated carbocycles. The van der Waals surface area contributed by atoms with Gasteiger partial charge in [0.05, 0.1) is 10.8 Å². The maximum absolute atomic E-state index is 3.71. The lowest BCUT2D eigenvalue weighted by atomic mass is 9.67. The first-order valence-electron chi connectivity index (χ1n) is 20.5. The highest BCUT2D eigenvalue weighted by atomic mass is 79.9. The molecule has 9 aromatic carbocycles. The highest BCUT2D eigenvalue weighted by Crippen LogP contribution is 2.58. The molecule has 1 nitrogen and oxygen atoms in total. The second-order valence-corrected chi connectivity index (χ2v) is 17.8. The van der Waals surface area contributed by atoms with Crippen molar-refractivity contribution in [3.8, 4) is 22.3 Å². The molecule has 0 saturated heterocycles. The number of aryl methyl sites for hydroxylation is 1. The average molecular weight is 898 g/mol. The molecule has 9 aromatic rings. The molecular weight excluding hydrogens is 858 g/mol. The molecule has 0 atom stereocenters. The fourth-order valence-corrected chi connectivity index (χ4v) is 10.8. The maximum atomic E-state index is 3.71. The van der Waals surface area contributed by atoms with Crippen molar-refractivity contribution >= 4 is 48.9 Å². The topological polar surface area (TPSA) is 3.24 Å². The van der Waals surface area contributed by atoms with E-state index < -0.39 is 10.8 Å². The Morgan fingerprint density at radius 2 is 0.550 bits per heavy atom. The van der Waals surface area contributed by atoms with Gasteiger partial charge < -0.3 is 4.90 Å². The van der Waals surface area contributed by atoms with Crippen LogP contribution in [0, 0.1) is 6.92 Å². The van der Waals surface area contributed by atoms with Gasteiger partial charge in [-0.15, -0.1) is 0 Å². The summed E-state index contributed by atoms with van der Waals surface area (Å²) in [6.45, 7) is 2.15. The molecular formula is C57H39Br2N. The minimum absolute atomic E-state index is 0.474. The molecule has 0 fully saturated rings. The Morgan fingerprint density at radius 1 is 0.300 bits per heavy atom. The molecule has 286 valence electrons. The number of anilines is 3. The number of halogens is 2. The van der Waals surface area contributed by atoms with Gasteiger partial charge in [-0.25, -0.2) is 0 Å². The minimum Gasteiger partial charge on any atom is -0.311 e. The van der Waals surface area contributed by atoms with E-state index in [4.69, 9.17) is 0 Å². The maximum Gasteiger partial charge on any atom is 0.0713 e. The van der Waals surface area contributed by atoms with Gasteiger partial charge in [0.1, 0.15) is 0 Å². The Hall–Kier alpha value is -6.26. The quantitative estimate of drug-likeness (QED) is 0.154. The number of hydrogen-bond donors (Lipinski definition) is 0. The summed E-state index contributed by atoms with van der Waals surface area (Å²) in [5, 5.41) is 0. The predicted molar refractivity (Wildman–Crippen MR) is 256 cm³/mol. The first-order valence-corrected chi connectivity index (χ1v) is 22.1. The van der Waals surface area contributed by atoms with Crippen molar-refractivity contribution in [1.82, 2.24) is 0 Å². The van der Waals surface area contributed by atoms with Crippen molar-refractivity contribution in [3.63, 3.8) is 0 Å².